The van der Waals surface area contributed by atoms with E-state index in [2.05, 4.69) is 5.32 Å². The van der Waals surface area contributed by atoms with E-state index in [9.17, 15) is 4.79 Å². The van der Waals surface area contributed by atoms with Crippen molar-refractivity contribution in [3.8, 4) is 5.75 Å². The summed E-state index contributed by atoms with van der Waals surface area (Å²) in [6, 6.07) is 7.88. The van der Waals surface area contributed by atoms with Crippen LogP contribution < -0.4 is 10.1 Å². The predicted octanol–water partition coefficient (Wildman–Crippen LogP) is 0.928. The molecule has 5 heteroatoms. The molecule has 19 heavy (non-hydrogen) atoms. The molecule has 0 amide bonds. The number of hydrogen-bond acceptors (Lipinski definition) is 4. The number of carbonyl (C=O) groups is 1. The van der Waals surface area contributed by atoms with E-state index in [1.807, 2.05) is 24.3 Å². The van der Waals surface area contributed by atoms with Gasteiger partial charge in [-0.05, 0) is 30.7 Å². The summed E-state index contributed by atoms with van der Waals surface area (Å²) >= 11 is 0. The maximum Gasteiger partial charge on any atom is 0.315 e. The van der Waals surface area contributed by atoms with Crippen molar-refractivity contribution in [2.75, 3.05) is 33.4 Å². The highest BCUT2D eigenvalue weighted by Gasteiger charge is 2.45. The lowest BCUT2D eigenvalue weighted by molar-refractivity contribution is -0.178. The molecular weight excluding hydrogens is 246 g/mol. The summed E-state index contributed by atoms with van der Waals surface area (Å²) in [5, 5.41) is 12.3. The highest BCUT2D eigenvalue weighted by molar-refractivity contribution is 5.76. The average molecular weight is 265 g/mol. The fourth-order valence-corrected chi connectivity index (χ4v) is 2.00. The van der Waals surface area contributed by atoms with Crippen molar-refractivity contribution in [2.45, 2.75) is 6.42 Å². The average Bonchev–Trinajstić information content (AvgIpc) is 2.37. The number of aliphatic carboxylic acids is 1. The van der Waals surface area contributed by atoms with E-state index in [1.165, 1.54) is 5.56 Å². The first-order valence-electron chi connectivity index (χ1n) is 6.31. The number of nitrogens with one attached hydrogen (secondary N) is 1. The zero-order chi connectivity index (χ0) is 13.7. The largest absolute Gasteiger partial charge is 0.497 e. The second-order valence-electron chi connectivity index (χ2n) is 4.85. The first kappa shape index (κ1) is 13.8. The van der Waals surface area contributed by atoms with Gasteiger partial charge >= 0.3 is 5.97 Å². The van der Waals surface area contributed by atoms with Gasteiger partial charge in [0.1, 0.15) is 11.2 Å². The molecule has 1 aromatic carbocycles. The van der Waals surface area contributed by atoms with Gasteiger partial charge in [0.25, 0.3) is 0 Å². The van der Waals surface area contributed by atoms with Crippen LogP contribution in [0.5, 0.6) is 5.75 Å². The number of carboxylic acid groups (broad SMARTS) is 1. The molecule has 104 valence electrons. The molecule has 0 aliphatic carbocycles. The summed E-state index contributed by atoms with van der Waals surface area (Å²) in [4.78, 5) is 11.1. The number of carboxylic acids is 1. The lowest BCUT2D eigenvalue weighted by Crippen LogP contribution is -2.55. The minimum Gasteiger partial charge on any atom is -0.497 e. The molecule has 1 fully saturated rings. The van der Waals surface area contributed by atoms with Crippen molar-refractivity contribution >= 4 is 5.97 Å². The van der Waals surface area contributed by atoms with Gasteiger partial charge in [-0.1, -0.05) is 12.1 Å². The van der Waals surface area contributed by atoms with Gasteiger partial charge in [-0.2, -0.15) is 0 Å². The number of ether oxygens (including phenoxy) is 2. The summed E-state index contributed by atoms with van der Waals surface area (Å²) in [5.74, 6) is 0.0591. The van der Waals surface area contributed by atoms with Crippen LogP contribution in [0.1, 0.15) is 5.56 Å². The molecule has 1 aliphatic heterocycles. The maximum absolute atomic E-state index is 11.1. The summed E-state index contributed by atoms with van der Waals surface area (Å²) in [5.41, 5.74) is 0.474. The number of benzene rings is 1. The minimum absolute atomic E-state index is 0.303. The van der Waals surface area contributed by atoms with Crippen LogP contribution in [-0.2, 0) is 16.0 Å². The van der Waals surface area contributed by atoms with Crippen LogP contribution in [-0.4, -0.2) is 44.5 Å². The monoisotopic (exact) mass is 265 g/mol. The first-order valence-corrected chi connectivity index (χ1v) is 6.31. The van der Waals surface area contributed by atoms with Gasteiger partial charge in [-0.25, -0.2) is 0 Å². The Morgan fingerprint density at radius 1 is 1.42 bits per heavy atom. The highest BCUT2D eigenvalue weighted by Crippen LogP contribution is 2.26. The van der Waals surface area contributed by atoms with Gasteiger partial charge in [0.05, 0.1) is 20.3 Å². The van der Waals surface area contributed by atoms with Crippen LogP contribution in [0.2, 0.25) is 0 Å². The Balaban J connectivity index is 1.73. The molecule has 0 saturated carbocycles. The Kier molecular flexibility index (Phi) is 4.39. The van der Waals surface area contributed by atoms with Gasteiger partial charge in [-0.3, -0.25) is 4.79 Å². The smallest absolute Gasteiger partial charge is 0.315 e. The third kappa shape index (κ3) is 3.24. The van der Waals surface area contributed by atoms with Gasteiger partial charge < -0.3 is 19.9 Å². The van der Waals surface area contributed by atoms with E-state index in [0.29, 0.717) is 19.8 Å². The first-order chi connectivity index (χ1) is 9.16. The number of rotatable bonds is 7. The highest BCUT2D eigenvalue weighted by atomic mass is 16.5. The standard InChI is InChI=1S/C14H19NO4/c1-18-12-4-2-11(3-5-12)6-7-15-8-14(13(16)17)9-19-10-14/h2-5,15H,6-10H2,1H3,(H,16,17). The zero-order valence-corrected chi connectivity index (χ0v) is 11.0. The summed E-state index contributed by atoms with van der Waals surface area (Å²) in [6.45, 7) is 1.82. The van der Waals surface area contributed by atoms with Crippen LogP contribution in [0.4, 0.5) is 0 Å². The molecule has 1 aromatic rings. The van der Waals surface area contributed by atoms with Gasteiger partial charge in [-0.15, -0.1) is 0 Å². The topological polar surface area (TPSA) is 67.8 Å². The van der Waals surface area contributed by atoms with Crippen LogP contribution in [0.3, 0.4) is 0 Å². The van der Waals surface area contributed by atoms with Crippen LogP contribution in [0, 0.1) is 5.41 Å². The van der Waals surface area contributed by atoms with Crippen molar-refractivity contribution in [3.05, 3.63) is 29.8 Å². The molecular formula is C14H19NO4. The molecule has 0 radical (unpaired) electrons. The molecule has 0 aromatic heterocycles. The SMILES string of the molecule is COc1ccc(CCNCC2(C(=O)O)COC2)cc1. The molecule has 5 nitrogen and oxygen atoms in total. The fraction of sp³-hybridized carbons (Fsp3) is 0.500. The summed E-state index contributed by atoms with van der Waals surface area (Å²) in [6.07, 6.45) is 0.862. The Hall–Kier alpha value is -1.59. The van der Waals surface area contributed by atoms with E-state index in [-0.39, 0.29) is 0 Å². The molecule has 1 heterocycles. The van der Waals surface area contributed by atoms with Crippen molar-refractivity contribution in [1.29, 1.82) is 0 Å². The predicted molar refractivity (Wildman–Crippen MR) is 70.5 cm³/mol. The van der Waals surface area contributed by atoms with Crippen LogP contribution in [0.15, 0.2) is 24.3 Å². The van der Waals surface area contributed by atoms with Gasteiger partial charge in [0.2, 0.25) is 0 Å². The molecule has 1 aliphatic rings. The van der Waals surface area contributed by atoms with Crippen LogP contribution in [0.25, 0.3) is 0 Å². The molecule has 2 rings (SSSR count). The summed E-state index contributed by atoms with van der Waals surface area (Å²) in [7, 11) is 1.64. The zero-order valence-electron chi connectivity index (χ0n) is 11.0. The Labute approximate surface area is 112 Å². The number of methoxy groups -OCH3 is 1. The van der Waals surface area contributed by atoms with E-state index in [0.717, 1.165) is 18.7 Å². The lowest BCUT2D eigenvalue weighted by atomic mass is 9.86. The molecule has 2 N–H and O–H groups in total. The molecule has 0 spiro atoms. The summed E-state index contributed by atoms with van der Waals surface area (Å²) < 4.78 is 10.1. The van der Waals surface area contributed by atoms with Crippen molar-refractivity contribution in [1.82, 2.24) is 5.32 Å². The van der Waals surface area contributed by atoms with E-state index >= 15 is 0 Å². The quantitative estimate of drug-likeness (QED) is 0.718. The Morgan fingerprint density at radius 3 is 2.58 bits per heavy atom. The Bertz CT molecular complexity index is 426. The van der Waals surface area contributed by atoms with E-state index < -0.39 is 11.4 Å². The van der Waals surface area contributed by atoms with Crippen molar-refractivity contribution < 1.29 is 19.4 Å². The third-order valence-corrected chi connectivity index (χ3v) is 3.42. The minimum atomic E-state index is -0.782. The molecule has 0 unspecified atom stereocenters. The fourth-order valence-electron chi connectivity index (χ4n) is 2.00. The Morgan fingerprint density at radius 2 is 2.11 bits per heavy atom. The van der Waals surface area contributed by atoms with E-state index in [1.54, 1.807) is 7.11 Å². The molecule has 0 bridgehead atoms. The van der Waals surface area contributed by atoms with Gasteiger partial charge in [0, 0.05) is 6.54 Å². The van der Waals surface area contributed by atoms with Crippen molar-refractivity contribution in [3.63, 3.8) is 0 Å². The van der Waals surface area contributed by atoms with Crippen LogP contribution >= 0.6 is 0 Å². The lowest BCUT2D eigenvalue weighted by Gasteiger charge is -2.37. The third-order valence-electron chi connectivity index (χ3n) is 3.42. The van der Waals surface area contributed by atoms with Gasteiger partial charge in [0.15, 0.2) is 0 Å². The normalized spacial score (nSPS) is 16.7. The maximum atomic E-state index is 11.1. The second-order valence-corrected chi connectivity index (χ2v) is 4.85. The molecule has 0 atom stereocenters. The number of hydrogen-bond donors (Lipinski definition) is 2. The van der Waals surface area contributed by atoms with E-state index in [4.69, 9.17) is 14.6 Å². The van der Waals surface area contributed by atoms with Crippen molar-refractivity contribution in [2.24, 2.45) is 5.41 Å². The molecule has 1 saturated heterocycles. The second kappa shape index (κ2) is 6.04.